The van der Waals surface area contributed by atoms with Crippen molar-refractivity contribution in [1.29, 1.82) is 0 Å². The van der Waals surface area contributed by atoms with Crippen molar-refractivity contribution in [3.8, 4) is 5.75 Å². The Bertz CT molecular complexity index is 1380. The van der Waals surface area contributed by atoms with Gasteiger partial charge < -0.3 is 19.3 Å². The predicted octanol–water partition coefficient (Wildman–Crippen LogP) is 5.85. The number of carbonyl (C=O) groups is 1. The van der Waals surface area contributed by atoms with Crippen molar-refractivity contribution in [2.24, 2.45) is 0 Å². The van der Waals surface area contributed by atoms with E-state index in [2.05, 4.69) is 14.6 Å². The summed E-state index contributed by atoms with van der Waals surface area (Å²) >= 11 is 1.30. The number of carbonyl (C=O) groups excluding carboxylic acids is 1. The number of hydrogen-bond donors (Lipinski definition) is 1. The number of fused-ring (bicyclic) bond motifs is 1. The molecule has 0 atom stereocenters. The molecule has 0 unspecified atom stereocenters. The monoisotopic (exact) mass is 502 g/mol. The summed E-state index contributed by atoms with van der Waals surface area (Å²) in [5, 5.41) is 1.02. The summed E-state index contributed by atoms with van der Waals surface area (Å²) in [4.78, 5) is 22.6. The van der Waals surface area contributed by atoms with Crippen LogP contribution in [0.5, 0.6) is 5.75 Å². The SMILES string of the molecule is COc1ccccc1N1CCCN(C(=O)c2ccc(NSc3cccc4cccnc34)c(F)c2)CC1. The van der Waals surface area contributed by atoms with Crippen molar-refractivity contribution in [2.75, 3.05) is 42.9 Å². The Hall–Kier alpha value is -3.78. The molecule has 0 aliphatic carbocycles. The number of methoxy groups -OCH3 is 1. The summed E-state index contributed by atoms with van der Waals surface area (Å²) in [6.07, 6.45) is 2.56. The molecular weight excluding hydrogens is 475 g/mol. The highest BCUT2D eigenvalue weighted by Crippen LogP contribution is 2.30. The Balaban J connectivity index is 1.25. The lowest BCUT2D eigenvalue weighted by atomic mass is 10.1. The number of halogens is 1. The molecule has 3 aromatic carbocycles. The molecule has 184 valence electrons. The molecule has 1 aliphatic heterocycles. The van der Waals surface area contributed by atoms with Gasteiger partial charge in [0.2, 0.25) is 0 Å². The number of aromatic nitrogens is 1. The van der Waals surface area contributed by atoms with E-state index in [1.165, 1.54) is 18.0 Å². The third-order valence-corrected chi connectivity index (χ3v) is 7.16. The van der Waals surface area contributed by atoms with Gasteiger partial charge in [0, 0.05) is 43.3 Å². The summed E-state index contributed by atoms with van der Waals surface area (Å²) in [6, 6.07) is 22.3. The van der Waals surface area contributed by atoms with Crippen LogP contribution in [0.25, 0.3) is 10.9 Å². The van der Waals surface area contributed by atoms with Gasteiger partial charge in [0.15, 0.2) is 0 Å². The topological polar surface area (TPSA) is 57.7 Å². The maximum atomic E-state index is 15.0. The van der Waals surface area contributed by atoms with Gasteiger partial charge in [-0.1, -0.05) is 30.3 Å². The zero-order chi connectivity index (χ0) is 24.9. The number of para-hydroxylation sites is 3. The lowest BCUT2D eigenvalue weighted by Gasteiger charge is -2.25. The number of ether oxygens (including phenoxy) is 1. The van der Waals surface area contributed by atoms with E-state index in [-0.39, 0.29) is 5.91 Å². The highest BCUT2D eigenvalue weighted by atomic mass is 32.2. The minimum absolute atomic E-state index is 0.159. The zero-order valence-corrected chi connectivity index (χ0v) is 20.8. The van der Waals surface area contributed by atoms with Gasteiger partial charge in [-0.3, -0.25) is 9.78 Å². The van der Waals surface area contributed by atoms with E-state index in [1.807, 2.05) is 54.6 Å². The standard InChI is InChI=1S/C28H27FN4O2S/c1-35-25-10-3-2-9-24(25)32-15-6-16-33(18-17-32)28(34)21-12-13-23(22(29)19-21)31-36-26-11-4-7-20-8-5-14-30-27(20)26/h2-5,7-14,19,31H,6,15-18H2,1H3. The van der Waals surface area contributed by atoms with Crippen LogP contribution in [-0.4, -0.2) is 49.1 Å². The number of nitrogens with one attached hydrogen (secondary N) is 1. The third kappa shape index (κ3) is 5.09. The molecule has 5 rings (SSSR count). The molecule has 1 amide bonds. The summed E-state index contributed by atoms with van der Waals surface area (Å²) in [7, 11) is 1.66. The normalized spacial score (nSPS) is 13.9. The van der Waals surface area contributed by atoms with Crippen molar-refractivity contribution >= 4 is 40.1 Å². The van der Waals surface area contributed by atoms with E-state index in [0.717, 1.165) is 40.2 Å². The summed E-state index contributed by atoms with van der Waals surface area (Å²) in [6.45, 7) is 2.68. The van der Waals surface area contributed by atoms with Crippen molar-refractivity contribution in [2.45, 2.75) is 11.3 Å². The first-order valence-corrected chi connectivity index (χ1v) is 12.7. The van der Waals surface area contributed by atoms with Crippen LogP contribution in [0.1, 0.15) is 16.8 Å². The summed E-state index contributed by atoms with van der Waals surface area (Å²) < 4.78 is 23.5. The van der Waals surface area contributed by atoms with E-state index in [4.69, 9.17) is 4.74 Å². The Morgan fingerprint density at radius 3 is 2.72 bits per heavy atom. The quantitative estimate of drug-likeness (QED) is 0.334. The summed E-state index contributed by atoms with van der Waals surface area (Å²) in [5.41, 5.74) is 2.55. The molecule has 1 aliphatic rings. The van der Waals surface area contributed by atoms with E-state index >= 15 is 0 Å². The van der Waals surface area contributed by atoms with Crippen LogP contribution >= 0.6 is 11.9 Å². The summed E-state index contributed by atoms with van der Waals surface area (Å²) in [5.74, 6) is 0.194. The second kappa shape index (κ2) is 10.9. The first kappa shape index (κ1) is 23.9. The van der Waals surface area contributed by atoms with Crippen molar-refractivity contribution in [3.05, 3.63) is 90.4 Å². The lowest BCUT2D eigenvalue weighted by Crippen LogP contribution is -2.35. The van der Waals surface area contributed by atoms with Gasteiger partial charge in [-0.05, 0) is 60.8 Å². The Labute approximate surface area is 214 Å². The highest BCUT2D eigenvalue weighted by Gasteiger charge is 2.22. The van der Waals surface area contributed by atoms with Gasteiger partial charge in [0.05, 0.1) is 28.9 Å². The van der Waals surface area contributed by atoms with Crippen LogP contribution < -0.4 is 14.4 Å². The minimum atomic E-state index is -0.466. The number of pyridine rings is 1. The van der Waals surface area contributed by atoms with E-state index in [0.29, 0.717) is 30.9 Å². The molecule has 0 spiro atoms. The molecule has 0 radical (unpaired) electrons. The average molecular weight is 503 g/mol. The van der Waals surface area contributed by atoms with E-state index in [9.17, 15) is 9.18 Å². The molecule has 1 saturated heterocycles. The fourth-order valence-electron chi connectivity index (χ4n) is 4.43. The number of amides is 1. The molecule has 1 N–H and O–H groups in total. The van der Waals surface area contributed by atoms with Gasteiger partial charge in [0.25, 0.3) is 5.91 Å². The molecule has 0 saturated carbocycles. The second-order valence-electron chi connectivity index (χ2n) is 8.53. The van der Waals surface area contributed by atoms with Crippen LogP contribution in [0.2, 0.25) is 0 Å². The molecule has 6 nitrogen and oxygen atoms in total. The van der Waals surface area contributed by atoms with Crippen molar-refractivity contribution < 1.29 is 13.9 Å². The van der Waals surface area contributed by atoms with Gasteiger partial charge in [0.1, 0.15) is 11.6 Å². The first-order valence-electron chi connectivity index (χ1n) is 11.9. The molecule has 1 aromatic heterocycles. The minimum Gasteiger partial charge on any atom is -0.495 e. The molecule has 8 heteroatoms. The van der Waals surface area contributed by atoms with Gasteiger partial charge in [-0.25, -0.2) is 4.39 Å². The number of hydrogen-bond acceptors (Lipinski definition) is 6. The van der Waals surface area contributed by atoms with E-state index < -0.39 is 5.82 Å². The number of nitrogens with zero attached hydrogens (tertiary/aromatic N) is 3. The number of rotatable bonds is 6. The molecule has 36 heavy (non-hydrogen) atoms. The smallest absolute Gasteiger partial charge is 0.254 e. The third-order valence-electron chi connectivity index (χ3n) is 6.29. The largest absolute Gasteiger partial charge is 0.495 e. The molecule has 0 bridgehead atoms. The fourth-order valence-corrected chi connectivity index (χ4v) is 5.23. The molecular formula is C28H27FN4O2S. The first-order chi connectivity index (χ1) is 17.6. The van der Waals surface area contributed by atoms with Crippen molar-refractivity contribution in [1.82, 2.24) is 9.88 Å². The second-order valence-corrected chi connectivity index (χ2v) is 9.38. The zero-order valence-electron chi connectivity index (χ0n) is 20.0. The van der Waals surface area contributed by atoms with Gasteiger partial charge in [-0.15, -0.1) is 0 Å². The van der Waals surface area contributed by atoms with Crippen LogP contribution in [-0.2, 0) is 0 Å². The van der Waals surface area contributed by atoms with Gasteiger partial charge in [-0.2, -0.15) is 0 Å². The fraction of sp³-hybridized carbons (Fsp3) is 0.214. The van der Waals surface area contributed by atoms with Crippen LogP contribution in [0.3, 0.4) is 0 Å². The number of benzene rings is 3. The average Bonchev–Trinajstić information content (AvgIpc) is 3.18. The Morgan fingerprint density at radius 2 is 1.86 bits per heavy atom. The van der Waals surface area contributed by atoms with E-state index in [1.54, 1.807) is 30.3 Å². The van der Waals surface area contributed by atoms with Crippen LogP contribution in [0, 0.1) is 5.82 Å². The number of anilines is 2. The molecule has 2 heterocycles. The van der Waals surface area contributed by atoms with Crippen LogP contribution in [0.15, 0.2) is 83.9 Å². The highest BCUT2D eigenvalue weighted by molar-refractivity contribution is 8.00. The Kier molecular flexibility index (Phi) is 7.23. The maximum absolute atomic E-state index is 15.0. The van der Waals surface area contributed by atoms with Crippen LogP contribution in [0.4, 0.5) is 15.8 Å². The maximum Gasteiger partial charge on any atom is 0.254 e. The Morgan fingerprint density at radius 1 is 1.00 bits per heavy atom. The predicted molar refractivity (Wildman–Crippen MR) is 143 cm³/mol. The molecule has 4 aromatic rings. The lowest BCUT2D eigenvalue weighted by molar-refractivity contribution is 0.0766. The van der Waals surface area contributed by atoms with Gasteiger partial charge >= 0.3 is 0 Å². The van der Waals surface area contributed by atoms with Crippen molar-refractivity contribution in [3.63, 3.8) is 0 Å². The molecule has 1 fully saturated rings.